The average Bonchev–Trinajstić information content (AvgIpc) is 3.11. The van der Waals surface area contributed by atoms with E-state index in [9.17, 15) is 19.2 Å². The van der Waals surface area contributed by atoms with Crippen molar-refractivity contribution in [1.82, 2.24) is 0 Å². The van der Waals surface area contributed by atoms with E-state index in [0.29, 0.717) is 11.1 Å². The number of ether oxygens (including phenoxy) is 2. The van der Waals surface area contributed by atoms with Crippen LogP contribution in [0.2, 0.25) is 0 Å². The molecular weight excluding hydrogens is 620 g/mol. The lowest BCUT2D eigenvalue weighted by Crippen LogP contribution is -2.24. The molecule has 262 valence electrons. The number of carbonyl (C=O) groups excluding carboxylic acids is 2. The Morgan fingerprint density at radius 3 is 1.35 bits per heavy atom. The van der Waals surface area contributed by atoms with Gasteiger partial charge in [-0.2, -0.15) is 0 Å². The Kier molecular flexibility index (Phi) is 16.8. The van der Waals surface area contributed by atoms with Crippen LogP contribution in [0.15, 0.2) is 86.0 Å². The van der Waals surface area contributed by atoms with Crippen molar-refractivity contribution in [3.8, 4) is 0 Å². The molecule has 2 aliphatic carbocycles. The summed E-state index contributed by atoms with van der Waals surface area (Å²) in [7, 11) is 0. The lowest BCUT2D eigenvalue weighted by Gasteiger charge is -2.28. The number of unbranched alkanes of at least 4 members (excludes halogenated alkanes) is 1. The van der Waals surface area contributed by atoms with Crippen molar-refractivity contribution < 1.29 is 38.9 Å². The van der Waals surface area contributed by atoms with E-state index < -0.39 is 11.9 Å². The summed E-state index contributed by atoms with van der Waals surface area (Å²) in [6.07, 6.45) is 23.0. The van der Waals surface area contributed by atoms with E-state index in [1.165, 1.54) is 31.4 Å². The number of esters is 2. The van der Waals surface area contributed by atoms with Gasteiger partial charge in [-0.1, -0.05) is 42.8 Å². The molecule has 8 heteroatoms. The first-order valence-corrected chi connectivity index (χ1v) is 17.3. The van der Waals surface area contributed by atoms with Crippen molar-refractivity contribution in [2.45, 2.75) is 95.7 Å². The molecule has 0 atom stereocenters. The maximum Gasteiger partial charge on any atom is 0.338 e. The van der Waals surface area contributed by atoms with Crippen LogP contribution in [0.3, 0.4) is 0 Å². The van der Waals surface area contributed by atoms with E-state index in [1.54, 1.807) is 48.5 Å². The fraction of sp³-hybridized carbons (Fsp3) is 0.415. The fourth-order valence-electron chi connectivity index (χ4n) is 6.22. The van der Waals surface area contributed by atoms with E-state index in [0.717, 1.165) is 99.3 Å². The van der Waals surface area contributed by atoms with Crippen LogP contribution in [-0.4, -0.2) is 46.3 Å². The minimum Gasteiger partial charge on any atom is -0.478 e. The molecule has 0 saturated heterocycles. The zero-order valence-corrected chi connectivity index (χ0v) is 28.3. The maximum absolute atomic E-state index is 12.2. The Morgan fingerprint density at radius 1 is 0.592 bits per heavy atom. The molecule has 2 fully saturated rings. The first kappa shape index (κ1) is 38.7. The van der Waals surface area contributed by atoms with Gasteiger partial charge in [0.25, 0.3) is 0 Å². The SMILES string of the molecule is C=CCCC1CCC(OC(=O)c2ccc(/C=C/C(=O)O)cc2)CC1.C=CCCCC1CCC(OC(=O)c2ccc(/C=C/C(=O)O)cc2)CC1. The van der Waals surface area contributed by atoms with Gasteiger partial charge in [0.1, 0.15) is 12.2 Å². The summed E-state index contributed by atoms with van der Waals surface area (Å²) in [6.45, 7) is 7.51. The summed E-state index contributed by atoms with van der Waals surface area (Å²) in [4.78, 5) is 45.4. The van der Waals surface area contributed by atoms with Crippen molar-refractivity contribution in [2.24, 2.45) is 11.8 Å². The number of carbonyl (C=O) groups is 4. The predicted molar refractivity (Wildman–Crippen MR) is 192 cm³/mol. The highest BCUT2D eigenvalue weighted by molar-refractivity contribution is 5.91. The van der Waals surface area contributed by atoms with Gasteiger partial charge in [0.2, 0.25) is 0 Å². The van der Waals surface area contributed by atoms with Gasteiger partial charge in [-0.15, -0.1) is 13.2 Å². The first-order chi connectivity index (χ1) is 23.7. The molecule has 0 amide bonds. The second-order valence-electron chi connectivity index (χ2n) is 12.8. The van der Waals surface area contributed by atoms with Crippen LogP contribution in [0.5, 0.6) is 0 Å². The zero-order chi connectivity index (χ0) is 35.4. The third-order valence-electron chi connectivity index (χ3n) is 9.06. The highest BCUT2D eigenvalue weighted by Gasteiger charge is 2.25. The molecule has 8 nitrogen and oxygen atoms in total. The molecule has 49 heavy (non-hydrogen) atoms. The third kappa shape index (κ3) is 14.9. The molecule has 0 aliphatic heterocycles. The second-order valence-corrected chi connectivity index (χ2v) is 12.8. The minimum atomic E-state index is -0.998. The second kappa shape index (κ2) is 21.3. The van der Waals surface area contributed by atoms with Crippen LogP contribution in [0.4, 0.5) is 0 Å². The summed E-state index contributed by atoms with van der Waals surface area (Å²) >= 11 is 0. The molecule has 4 rings (SSSR count). The smallest absolute Gasteiger partial charge is 0.338 e. The number of allylic oxidation sites excluding steroid dienone is 2. The molecule has 0 unspecified atom stereocenters. The van der Waals surface area contributed by atoms with E-state index in [2.05, 4.69) is 13.2 Å². The quantitative estimate of drug-likeness (QED) is 0.0831. The number of hydrogen-bond donors (Lipinski definition) is 2. The number of carboxylic acid groups (broad SMARTS) is 2. The maximum atomic E-state index is 12.2. The van der Waals surface area contributed by atoms with Crippen molar-refractivity contribution in [3.05, 3.63) is 108 Å². The number of hydrogen-bond acceptors (Lipinski definition) is 6. The van der Waals surface area contributed by atoms with Crippen molar-refractivity contribution >= 4 is 36.0 Å². The minimum absolute atomic E-state index is 0.00376. The number of aliphatic carboxylic acids is 2. The van der Waals surface area contributed by atoms with Gasteiger partial charge in [0.05, 0.1) is 11.1 Å². The van der Waals surface area contributed by atoms with E-state index in [4.69, 9.17) is 19.7 Å². The van der Waals surface area contributed by atoms with Gasteiger partial charge >= 0.3 is 23.9 Å². The molecule has 2 N–H and O–H groups in total. The van der Waals surface area contributed by atoms with Gasteiger partial charge in [0.15, 0.2) is 0 Å². The lowest BCUT2D eigenvalue weighted by molar-refractivity contribution is -0.132. The van der Waals surface area contributed by atoms with E-state index in [1.807, 2.05) is 12.2 Å². The van der Waals surface area contributed by atoms with Crippen LogP contribution < -0.4 is 0 Å². The fourth-order valence-corrected chi connectivity index (χ4v) is 6.22. The Morgan fingerprint density at radius 2 is 0.980 bits per heavy atom. The zero-order valence-electron chi connectivity index (χ0n) is 28.3. The van der Waals surface area contributed by atoms with Crippen molar-refractivity contribution in [2.75, 3.05) is 0 Å². The molecular formula is C41H50O8. The van der Waals surface area contributed by atoms with Crippen LogP contribution >= 0.6 is 0 Å². The van der Waals surface area contributed by atoms with Gasteiger partial charge in [-0.25, -0.2) is 19.2 Å². The Balaban J connectivity index is 0.000000266. The van der Waals surface area contributed by atoms with Gasteiger partial charge in [-0.05, 0) is 136 Å². The highest BCUT2D eigenvalue weighted by atomic mass is 16.5. The topological polar surface area (TPSA) is 127 Å². The summed E-state index contributed by atoms with van der Waals surface area (Å²) < 4.78 is 11.2. The summed E-state index contributed by atoms with van der Waals surface area (Å²) in [5.74, 6) is -1.14. The summed E-state index contributed by atoms with van der Waals surface area (Å²) in [6, 6.07) is 13.5. The number of rotatable bonds is 15. The Labute approximate surface area is 290 Å². The van der Waals surface area contributed by atoms with Crippen LogP contribution in [-0.2, 0) is 19.1 Å². The number of benzene rings is 2. The van der Waals surface area contributed by atoms with Crippen LogP contribution in [0.25, 0.3) is 12.2 Å². The van der Waals surface area contributed by atoms with Gasteiger partial charge in [0, 0.05) is 12.2 Å². The lowest BCUT2D eigenvalue weighted by atomic mass is 9.84. The average molecular weight is 671 g/mol. The molecule has 0 radical (unpaired) electrons. The van der Waals surface area contributed by atoms with E-state index >= 15 is 0 Å². The molecule has 2 aliphatic rings. The van der Waals surface area contributed by atoms with Gasteiger partial charge in [-0.3, -0.25) is 0 Å². The largest absolute Gasteiger partial charge is 0.478 e. The number of carboxylic acids is 2. The highest BCUT2D eigenvalue weighted by Crippen LogP contribution is 2.31. The summed E-state index contributed by atoms with van der Waals surface area (Å²) in [5, 5.41) is 17.2. The molecule has 0 spiro atoms. The molecule has 0 bridgehead atoms. The molecule has 2 aromatic rings. The third-order valence-corrected chi connectivity index (χ3v) is 9.06. The first-order valence-electron chi connectivity index (χ1n) is 17.3. The molecule has 0 heterocycles. The molecule has 2 aromatic carbocycles. The predicted octanol–water partition coefficient (Wildman–Crippen LogP) is 9.32. The molecule has 2 saturated carbocycles. The monoisotopic (exact) mass is 670 g/mol. The van der Waals surface area contributed by atoms with Crippen LogP contribution in [0.1, 0.15) is 115 Å². The van der Waals surface area contributed by atoms with Crippen molar-refractivity contribution in [3.63, 3.8) is 0 Å². The summed E-state index contributed by atoms with van der Waals surface area (Å²) in [5.41, 5.74) is 2.47. The standard InChI is InChI=1S/C21H26O4.C20H24O4/c1-2-3-4-5-16-8-13-19(14-9-16)25-21(24)18-11-6-17(7-12-18)10-15-20(22)23;1-2-3-4-15-7-12-18(13-8-15)24-20(23)17-10-5-16(6-11-17)9-14-19(21)22/h2,6-7,10-12,15-16,19H,1,3-5,8-9,13-14H2,(H,22,23);2,5-6,9-11,14-15,18H,1,3-4,7-8,12-13H2,(H,21,22)/b15-10+;14-9+. The Bertz CT molecular complexity index is 1420. The van der Waals surface area contributed by atoms with Crippen molar-refractivity contribution in [1.29, 1.82) is 0 Å². The van der Waals surface area contributed by atoms with Crippen LogP contribution in [0, 0.1) is 11.8 Å². The normalized spacial score (nSPS) is 20.5. The van der Waals surface area contributed by atoms with Gasteiger partial charge < -0.3 is 19.7 Å². The van der Waals surface area contributed by atoms with E-state index in [-0.39, 0.29) is 24.1 Å². The Hall–Kier alpha value is -4.72. The molecule has 0 aromatic heterocycles.